The molecule has 0 radical (unpaired) electrons. The summed E-state index contributed by atoms with van der Waals surface area (Å²) in [5.74, 6) is 1.24. The van der Waals surface area contributed by atoms with Crippen LogP contribution in [0.3, 0.4) is 0 Å². The number of aryl methyl sites for hydroxylation is 2. The summed E-state index contributed by atoms with van der Waals surface area (Å²) in [4.78, 5) is 0.357. The fraction of sp³-hybridized carbons (Fsp3) is 0.364. The fourth-order valence-corrected chi connectivity index (χ4v) is 5.24. The minimum atomic E-state index is -3.57. The monoisotopic (exact) mass is 399 g/mol. The van der Waals surface area contributed by atoms with E-state index in [2.05, 4.69) is 5.32 Å². The van der Waals surface area contributed by atoms with E-state index < -0.39 is 9.84 Å². The Bertz CT molecular complexity index is 1040. The van der Waals surface area contributed by atoms with Crippen LogP contribution < -0.4 is 14.8 Å². The van der Waals surface area contributed by atoms with Crippen LogP contribution in [0.2, 0.25) is 0 Å². The molecule has 1 N–H and O–H groups in total. The van der Waals surface area contributed by atoms with Crippen molar-refractivity contribution in [3.8, 4) is 11.5 Å². The summed E-state index contributed by atoms with van der Waals surface area (Å²) in [5.41, 5.74) is 4.92. The number of benzene rings is 2. The zero-order valence-corrected chi connectivity index (χ0v) is 17.1. The van der Waals surface area contributed by atoms with Gasteiger partial charge in [0.25, 0.3) is 0 Å². The van der Waals surface area contributed by atoms with E-state index in [1.807, 2.05) is 24.3 Å². The van der Waals surface area contributed by atoms with Crippen molar-refractivity contribution in [2.45, 2.75) is 37.0 Å². The summed E-state index contributed by atoms with van der Waals surface area (Å²) in [5, 5.41) is 4.59. The number of nitrogens with one attached hydrogen (secondary N) is 1. The van der Waals surface area contributed by atoms with Crippen LogP contribution in [0.1, 0.15) is 35.1 Å². The molecule has 0 fully saturated rings. The standard InChI is InChI=1S/C22H25NO4S/c1-26-21-12-17-9-10-23-20(19(17)13-22(21)27-2)14-28(24,25)18-8-7-15-5-3-4-6-16(15)11-18/h7-8,11-14,23H,3-6,9-10H2,1-2H3. The molecule has 4 rings (SSSR count). The molecule has 28 heavy (non-hydrogen) atoms. The van der Waals surface area contributed by atoms with Gasteiger partial charge in [-0.2, -0.15) is 0 Å². The zero-order valence-electron chi connectivity index (χ0n) is 16.2. The van der Waals surface area contributed by atoms with Crippen molar-refractivity contribution in [3.63, 3.8) is 0 Å². The fourth-order valence-electron chi connectivity index (χ4n) is 4.02. The summed E-state index contributed by atoms with van der Waals surface area (Å²) < 4.78 is 37.0. The van der Waals surface area contributed by atoms with Crippen LogP contribution >= 0.6 is 0 Å². The second-order valence-electron chi connectivity index (χ2n) is 7.26. The Hall–Kier alpha value is -2.47. The Morgan fingerprint density at radius 1 is 0.893 bits per heavy atom. The van der Waals surface area contributed by atoms with E-state index in [1.54, 1.807) is 20.3 Å². The van der Waals surface area contributed by atoms with Gasteiger partial charge in [-0.05, 0) is 73.1 Å². The quantitative estimate of drug-likeness (QED) is 0.852. The van der Waals surface area contributed by atoms with Gasteiger partial charge in [0, 0.05) is 12.1 Å². The Kier molecular flexibility index (Phi) is 5.06. The molecule has 0 amide bonds. The SMILES string of the molecule is COc1cc2c(cc1OC)C(=CS(=O)(=O)c1ccc3c(c1)CCCC3)NCC2. The van der Waals surface area contributed by atoms with E-state index in [0.29, 0.717) is 28.6 Å². The van der Waals surface area contributed by atoms with Crippen LogP contribution in [0.5, 0.6) is 11.5 Å². The maximum absolute atomic E-state index is 13.1. The zero-order chi connectivity index (χ0) is 19.7. The van der Waals surface area contributed by atoms with Crippen molar-refractivity contribution in [1.82, 2.24) is 5.32 Å². The first-order chi connectivity index (χ1) is 13.5. The molecule has 0 spiro atoms. The third-order valence-corrected chi connectivity index (χ3v) is 6.99. The first-order valence-electron chi connectivity index (χ1n) is 9.59. The maximum atomic E-state index is 13.1. The lowest BCUT2D eigenvalue weighted by molar-refractivity contribution is 0.354. The molecule has 2 aliphatic rings. The van der Waals surface area contributed by atoms with Crippen LogP contribution in [0.4, 0.5) is 0 Å². The van der Waals surface area contributed by atoms with Crippen molar-refractivity contribution in [2.24, 2.45) is 0 Å². The summed E-state index contributed by atoms with van der Waals surface area (Å²) in [7, 11) is -0.391. The smallest absolute Gasteiger partial charge is 0.201 e. The van der Waals surface area contributed by atoms with Crippen molar-refractivity contribution in [2.75, 3.05) is 20.8 Å². The predicted octanol–water partition coefficient (Wildman–Crippen LogP) is 3.50. The molecular weight excluding hydrogens is 374 g/mol. The van der Waals surface area contributed by atoms with Gasteiger partial charge in [-0.15, -0.1) is 0 Å². The van der Waals surface area contributed by atoms with E-state index in [-0.39, 0.29) is 0 Å². The molecule has 2 aromatic rings. The predicted molar refractivity (Wildman–Crippen MR) is 109 cm³/mol. The minimum Gasteiger partial charge on any atom is -0.493 e. The molecule has 148 valence electrons. The molecule has 0 atom stereocenters. The van der Waals surface area contributed by atoms with Gasteiger partial charge in [0.2, 0.25) is 9.84 Å². The van der Waals surface area contributed by atoms with Crippen LogP contribution in [0, 0.1) is 0 Å². The Morgan fingerprint density at radius 2 is 1.61 bits per heavy atom. The summed E-state index contributed by atoms with van der Waals surface area (Å²) in [6.07, 6.45) is 5.08. The highest BCUT2D eigenvalue weighted by molar-refractivity contribution is 7.94. The minimum absolute atomic E-state index is 0.357. The van der Waals surface area contributed by atoms with Crippen molar-refractivity contribution in [1.29, 1.82) is 0 Å². The molecule has 6 heteroatoms. The van der Waals surface area contributed by atoms with Gasteiger partial charge >= 0.3 is 0 Å². The molecule has 0 bridgehead atoms. The average molecular weight is 400 g/mol. The lowest BCUT2D eigenvalue weighted by atomic mass is 9.92. The Labute approximate surface area is 166 Å². The third-order valence-electron chi connectivity index (χ3n) is 5.53. The summed E-state index contributed by atoms with van der Waals surface area (Å²) in [6, 6.07) is 9.31. The Balaban J connectivity index is 1.75. The molecule has 0 saturated heterocycles. The molecule has 1 aliphatic heterocycles. The number of methoxy groups -OCH3 is 2. The van der Waals surface area contributed by atoms with E-state index in [1.165, 1.54) is 17.4 Å². The largest absolute Gasteiger partial charge is 0.493 e. The molecule has 1 aliphatic carbocycles. The second-order valence-corrected chi connectivity index (χ2v) is 9.05. The average Bonchev–Trinajstić information content (AvgIpc) is 2.72. The first kappa shape index (κ1) is 18.9. The number of fused-ring (bicyclic) bond motifs is 2. The van der Waals surface area contributed by atoms with Crippen LogP contribution in [0.15, 0.2) is 40.6 Å². The highest BCUT2D eigenvalue weighted by Gasteiger charge is 2.22. The molecule has 0 unspecified atom stereocenters. The number of rotatable bonds is 4. The van der Waals surface area contributed by atoms with Gasteiger partial charge < -0.3 is 14.8 Å². The highest BCUT2D eigenvalue weighted by atomic mass is 32.2. The number of ether oxygens (including phenoxy) is 2. The first-order valence-corrected chi connectivity index (χ1v) is 11.1. The van der Waals surface area contributed by atoms with Crippen LogP contribution in [0.25, 0.3) is 5.70 Å². The van der Waals surface area contributed by atoms with E-state index in [0.717, 1.165) is 42.4 Å². The van der Waals surface area contributed by atoms with Crippen LogP contribution in [-0.4, -0.2) is 29.2 Å². The van der Waals surface area contributed by atoms with E-state index >= 15 is 0 Å². The van der Waals surface area contributed by atoms with E-state index in [9.17, 15) is 8.42 Å². The highest BCUT2D eigenvalue weighted by Crippen LogP contribution is 2.35. The van der Waals surface area contributed by atoms with E-state index in [4.69, 9.17) is 9.47 Å². The van der Waals surface area contributed by atoms with Crippen molar-refractivity contribution < 1.29 is 17.9 Å². The van der Waals surface area contributed by atoms with Gasteiger partial charge in [-0.25, -0.2) is 8.42 Å². The topological polar surface area (TPSA) is 64.6 Å². The molecular formula is C22H25NO4S. The summed E-state index contributed by atoms with van der Waals surface area (Å²) >= 11 is 0. The molecule has 1 heterocycles. The molecule has 2 aromatic carbocycles. The van der Waals surface area contributed by atoms with Gasteiger partial charge in [-0.1, -0.05) is 6.07 Å². The summed E-state index contributed by atoms with van der Waals surface area (Å²) in [6.45, 7) is 0.675. The van der Waals surface area contributed by atoms with Crippen molar-refractivity contribution >= 4 is 15.5 Å². The lowest BCUT2D eigenvalue weighted by Crippen LogP contribution is -2.23. The normalized spacial score (nSPS) is 17.4. The molecule has 0 aromatic heterocycles. The maximum Gasteiger partial charge on any atom is 0.201 e. The Morgan fingerprint density at radius 3 is 2.36 bits per heavy atom. The van der Waals surface area contributed by atoms with Crippen LogP contribution in [-0.2, 0) is 29.1 Å². The van der Waals surface area contributed by atoms with Gasteiger partial charge in [0.15, 0.2) is 11.5 Å². The number of sulfone groups is 1. The van der Waals surface area contributed by atoms with Gasteiger partial charge in [0.05, 0.1) is 30.2 Å². The van der Waals surface area contributed by atoms with Gasteiger partial charge in [-0.3, -0.25) is 0 Å². The van der Waals surface area contributed by atoms with Gasteiger partial charge in [0.1, 0.15) is 0 Å². The number of hydrogen-bond donors (Lipinski definition) is 1. The lowest BCUT2D eigenvalue weighted by Gasteiger charge is -2.23. The van der Waals surface area contributed by atoms with Crippen molar-refractivity contribution in [3.05, 3.63) is 58.0 Å². The molecule has 0 saturated carbocycles. The number of hydrogen-bond acceptors (Lipinski definition) is 5. The molecule has 5 nitrogen and oxygen atoms in total. The third kappa shape index (κ3) is 3.49. The second kappa shape index (κ2) is 7.51.